The first-order valence-electron chi connectivity index (χ1n) is 2.73. The van der Waals surface area contributed by atoms with Gasteiger partial charge in [-0.25, -0.2) is 8.78 Å². The van der Waals surface area contributed by atoms with E-state index in [0.717, 1.165) is 0 Å². The second-order valence-electron chi connectivity index (χ2n) is 2.05. The Morgan fingerprint density at radius 2 is 1.50 bits per heavy atom. The maximum atomic E-state index is 11.8. The Morgan fingerprint density at radius 1 is 1.08 bits per heavy atom. The van der Waals surface area contributed by atoms with E-state index in [9.17, 15) is 30.7 Å². The maximum Gasteiger partial charge on any atom is 0.453 e. The molecule has 0 aromatic rings. The van der Waals surface area contributed by atoms with Gasteiger partial charge in [0.2, 0.25) is 0 Å². The summed E-state index contributed by atoms with van der Waals surface area (Å²) in [5.41, 5.74) is 0. The first kappa shape index (κ1) is 11.5. The van der Waals surface area contributed by atoms with Gasteiger partial charge in [0.1, 0.15) is 6.17 Å². The van der Waals surface area contributed by atoms with Crippen molar-refractivity contribution in [2.24, 2.45) is 0 Å². The van der Waals surface area contributed by atoms with Gasteiger partial charge in [0.15, 0.2) is 6.67 Å². The molecule has 0 heterocycles. The van der Waals surface area contributed by atoms with E-state index < -0.39 is 31.4 Å². The Kier molecular flexibility index (Phi) is 3.34. The molecule has 0 saturated heterocycles. The van der Waals surface area contributed by atoms with E-state index in [2.05, 4.69) is 0 Å². The summed E-state index contributed by atoms with van der Waals surface area (Å²) < 4.78 is 80.3. The molecule has 12 heavy (non-hydrogen) atoms. The van der Waals surface area contributed by atoms with Crippen molar-refractivity contribution in [2.75, 3.05) is 0 Å². The Bertz CT molecular complexity index is 137. The number of rotatable bonds is 3. The molecule has 0 N–H and O–H groups in total. The van der Waals surface area contributed by atoms with Crippen LogP contribution in [0.1, 0.15) is 6.42 Å². The van der Waals surface area contributed by atoms with Crippen molar-refractivity contribution in [3.63, 3.8) is 0 Å². The third kappa shape index (κ3) is 2.86. The van der Waals surface area contributed by atoms with Crippen molar-refractivity contribution in [2.45, 2.75) is 24.7 Å². The van der Waals surface area contributed by atoms with E-state index >= 15 is 0 Å². The fraction of sp³-hybridized carbons (Fsp3) is 0.800. The predicted molar refractivity (Wildman–Crippen MR) is 25.9 cm³/mol. The van der Waals surface area contributed by atoms with Gasteiger partial charge in [-0.1, -0.05) is 0 Å². The zero-order chi connectivity index (χ0) is 9.99. The Morgan fingerprint density at radius 3 is 1.75 bits per heavy atom. The van der Waals surface area contributed by atoms with Crippen LogP contribution < -0.4 is 0 Å². The van der Waals surface area contributed by atoms with Gasteiger partial charge >= 0.3 is 12.1 Å². The molecular weight excluding hydrogens is 193 g/mol. The average molecular weight is 197 g/mol. The second kappa shape index (κ2) is 3.49. The molecule has 1 unspecified atom stereocenters. The van der Waals surface area contributed by atoms with Crippen molar-refractivity contribution in [3.05, 3.63) is 6.67 Å². The third-order valence-corrected chi connectivity index (χ3v) is 1.00. The molecule has 1 atom stereocenters. The molecule has 7 heteroatoms. The number of hydrogen-bond acceptors (Lipinski definition) is 0. The molecule has 1 radical (unpaired) electrons. The van der Waals surface area contributed by atoms with Gasteiger partial charge in [0, 0.05) is 0 Å². The van der Waals surface area contributed by atoms with Gasteiger partial charge in [-0.05, 0) is 0 Å². The van der Waals surface area contributed by atoms with Gasteiger partial charge in [-0.15, -0.1) is 0 Å². The lowest BCUT2D eigenvalue weighted by atomic mass is 10.1. The summed E-state index contributed by atoms with van der Waals surface area (Å²) in [4.78, 5) is 0. The zero-order valence-corrected chi connectivity index (χ0v) is 5.51. The molecule has 73 valence electrons. The van der Waals surface area contributed by atoms with E-state index in [-0.39, 0.29) is 0 Å². The summed E-state index contributed by atoms with van der Waals surface area (Å²) >= 11 is 0. The van der Waals surface area contributed by atoms with Crippen molar-refractivity contribution >= 4 is 0 Å². The van der Waals surface area contributed by atoms with Crippen LogP contribution in [0.3, 0.4) is 0 Å². The standard InChI is InChI=1S/C5H4F7/c6-2-3(7)1-4(8,9)5(10,11)12/h2-3H,1H2. The summed E-state index contributed by atoms with van der Waals surface area (Å²) in [5.74, 6) is -5.19. The highest BCUT2D eigenvalue weighted by Crippen LogP contribution is 2.39. The zero-order valence-electron chi connectivity index (χ0n) is 5.51. The van der Waals surface area contributed by atoms with Crippen LogP contribution >= 0.6 is 0 Å². The molecule has 0 aliphatic carbocycles. The summed E-state index contributed by atoms with van der Waals surface area (Å²) in [6, 6.07) is 0. The Hall–Kier alpha value is -0.490. The van der Waals surface area contributed by atoms with Crippen LogP contribution in [0.25, 0.3) is 0 Å². The lowest BCUT2D eigenvalue weighted by Gasteiger charge is -2.19. The van der Waals surface area contributed by atoms with Crippen LogP contribution in [-0.4, -0.2) is 18.3 Å². The third-order valence-electron chi connectivity index (χ3n) is 1.00. The van der Waals surface area contributed by atoms with Crippen LogP contribution in [-0.2, 0) is 0 Å². The van der Waals surface area contributed by atoms with Crippen LogP contribution in [0, 0.1) is 6.67 Å². The van der Waals surface area contributed by atoms with Crippen molar-refractivity contribution in [3.8, 4) is 0 Å². The minimum Gasteiger partial charge on any atom is -0.244 e. The molecule has 0 bridgehead atoms. The highest BCUT2D eigenvalue weighted by molar-refractivity contribution is 4.81. The van der Waals surface area contributed by atoms with Gasteiger partial charge in [0.05, 0.1) is 6.42 Å². The highest BCUT2D eigenvalue weighted by Gasteiger charge is 2.58. The smallest absolute Gasteiger partial charge is 0.244 e. The molecule has 0 rings (SSSR count). The molecule has 0 amide bonds. The summed E-state index contributed by atoms with van der Waals surface area (Å²) in [7, 11) is 0. The largest absolute Gasteiger partial charge is 0.453 e. The number of hydrogen-bond donors (Lipinski definition) is 0. The average Bonchev–Trinajstić information content (AvgIpc) is 1.84. The first-order valence-corrected chi connectivity index (χ1v) is 2.73. The number of alkyl halides is 6. The molecule has 0 nitrogen and oxygen atoms in total. The molecular formula is C5H4F7. The molecule has 0 aliphatic heterocycles. The Labute approximate surface area is 63.4 Å². The van der Waals surface area contributed by atoms with E-state index in [1.165, 1.54) is 0 Å². The SMILES string of the molecule is F[CH]C(F)CC(F)(F)C(F)(F)F. The lowest BCUT2D eigenvalue weighted by molar-refractivity contribution is -0.287. The molecule has 0 fully saturated rings. The second-order valence-corrected chi connectivity index (χ2v) is 2.05. The van der Waals surface area contributed by atoms with E-state index in [1.54, 1.807) is 0 Å². The van der Waals surface area contributed by atoms with Crippen LogP contribution in [0.5, 0.6) is 0 Å². The molecule has 0 aromatic carbocycles. The van der Waals surface area contributed by atoms with Crippen molar-refractivity contribution < 1.29 is 30.7 Å². The highest BCUT2D eigenvalue weighted by atomic mass is 19.4. The normalized spacial score (nSPS) is 16.2. The van der Waals surface area contributed by atoms with Crippen LogP contribution in [0.15, 0.2) is 0 Å². The van der Waals surface area contributed by atoms with Crippen LogP contribution in [0.4, 0.5) is 30.7 Å². The van der Waals surface area contributed by atoms with Gasteiger partial charge in [-0.3, -0.25) is 0 Å². The summed E-state index contributed by atoms with van der Waals surface area (Å²) in [6.07, 6.45) is -10.9. The van der Waals surface area contributed by atoms with E-state index in [1.807, 2.05) is 0 Å². The molecule has 0 saturated carbocycles. The minimum atomic E-state index is -5.83. The van der Waals surface area contributed by atoms with Crippen molar-refractivity contribution in [1.29, 1.82) is 0 Å². The lowest BCUT2D eigenvalue weighted by Crippen LogP contribution is -2.38. The fourth-order valence-electron chi connectivity index (χ4n) is 0.405. The quantitative estimate of drug-likeness (QED) is 0.610. The summed E-state index contributed by atoms with van der Waals surface area (Å²) in [5, 5.41) is 0. The van der Waals surface area contributed by atoms with Gasteiger partial charge < -0.3 is 0 Å². The van der Waals surface area contributed by atoms with E-state index in [0.29, 0.717) is 0 Å². The van der Waals surface area contributed by atoms with Gasteiger partial charge in [-0.2, -0.15) is 22.0 Å². The molecule has 0 spiro atoms. The Balaban J connectivity index is 4.22. The molecule has 0 aliphatic rings. The maximum absolute atomic E-state index is 11.8. The summed E-state index contributed by atoms with van der Waals surface area (Å²) in [6.45, 7) is -0.848. The topological polar surface area (TPSA) is 0 Å². The van der Waals surface area contributed by atoms with E-state index in [4.69, 9.17) is 0 Å². The first-order chi connectivity index (χ1) is 5.20. The van der Waals surface area contributed by atoms with Crippen molar-refractivity contribution in [1.82, 2.24) is 0 Å². The molecule has 0 aromatic heterocycles. The monoisotopic (exact) mass is 197 g/mol. The fourth-order valence-corrected chi connectivity index (χ4v) is 0.405. The van der Waals surface area contributed by atoms with Gasteiger partial charge in [0.25, 0.3) is 0 Å². The number of halogens is 7. The van der Waals surface area contributed by atoms with Crippen LogP contribution in [0.2, 0.25) is 0 Å². The predicted octanol–water partition coefficient (Wildman–Crippen LogP) is 3.04. The minimum absolute atomic E-state index is 0.848.